The third kappa shape index (κ3) is 4.51. The van der Waals surface area contributed by atoms with Gasteiger partial charge in [-0.2, -0.15) is 0 Å². The van der Waals surface area contributed by atoms with Crippen molar-refractivity contribution < 1.29 is 50.0 Å². The van der Waals surface area contributed by atoms with E-state index in [1.165, 1.54) is 0 Å². The molecule has 0 spiro atoms. The van der Waals surface area contributed by atoms with Crippen LogP contribution < -0.4 is 0 Å². The molecule has 3 heterocycles. The normalized spacial score (nSPS) is 40.6. The highest BCUT2D eigenvalue weighted by molar-refractivity contribution is 7.99. The maximum Gasteiger partial charge on any atom is 0.187 e. The molecule has 0 unspecified atom stereocenters. The fourth-order valence-corrected chi connectivity index (χ4v) is 4.79. The number of para-hydroxylation sites is 2. The number of ether oxygens (including phenoxy) is 3. The molecule has 0 saturated carbocycles. The summed E-state index contributed by atoms with van der Waals surface area (Å²) in [6.07, 6.45) is -13.2. The third-order valence-electron chi connectivity index (χ3n) is 5.56. The van der Waals surface area contributed by atoms with Crippen LogP contribution in [-0.2, 0) is 14.2 Å². The Morgan fingerprint density at radius 3 is 2.28 bits per heavy atom. The molecule has 1 aromatic heterocycles. The number of hydrogen-bond donors (Lipinski definition) is 8. The number of hydrogen-bond acceptors (Lipinski definition) is 12. The number of nitrogens with zero attached hydrogens (tertiary/aromatic N) is 1. The largest absolute Gasteiger partial charge is 0.394 e. The number of thioether (sulfide) groups is 1. The van der Waals surface area contributed by atoms with Gasteiger partial charge in [0.05, 0.1) is 24.2 Å². The molecular formula is C19H26N2O10S. The Labute approximate surface area is 186 Å². The van der Waals surface area contributed by atoms with Crippen LogP contribution in [0.4, 0.5) is 0 Å². The smallest absolute Gasteiger partial charge is 0.187 e. The fraction of sp³-hybridized carbons (Fsp3) is 0.632. The first-order valence-electron chi connectivity index (χ1n) is 10.0. The van der Waals surface area contributed by atoms with Crippen molar-refractivity contribution >= 4 is 22.8 Å². The number of benzene rings is 1. The average molecular weight is 474 g/mol. The SMILES string of the molecule is OC[C@H]1O[C@@H](O[C@H]2[C@H](O)[C@@H](O)[C@H](Sc3nc4ccccc4[nH]3)O[C@@H]2CO)[C@H](O)[C@@H](O)[C@H]1O. The first-order valence-corrected chi connectivity index (χ1v) is 10.9. The van der Waals surface area contributed by atoms with Gasteiger partial charge in [0.2, 0.25) is 0 Å². The minimum atomic E-state index is -1.71. The topological polar surface area (TPSA) is 198 Å². The first kappa shape index (κ1) is 23.8. The third-order valence-corrected chi connectivity index (χ3v) is 6.59. The van der Waals surface area contributed by atoms with Crippen molar-refractivity contribution in [3.63, 3.8) is 0 Å². The molecule has 2 aliphatic rings. The molecule has 0 amide bonds. The summed E-state index contributed by atoms with van der Waals surface area (Å²) in [5, 5.41) is 70.8. The van der Waals surface area contributed by atoms with Crippen LogP contribution in [0.1, 0.15) is 0 Å². The summed E-state index contributed by atoms with van der Waals surface area (Å²) in [7, 11) is 0. The second-order valence-electron chi connectivity index (χ2n) is 7.68. The van der Waals surface area contributed by atoms with Crippen LogP contribution in [0.25, 0.3) is 11.0 Å². The first-order chi connectivity index (χ1) is 15.3. The fourth-order valence-electron chi connectivity index (χ4n) is 3.75. The van der Waals surface area contributed by atoms with Crippen LogP contribution in [0.2, 0.25) is 0 Å². The van der Waals surface area contributed by atoms with E-state index in [1.54, 1.807) is 0 Å². The highest BCUT2D eigenvalue weighted by atomic mass is 32.2. The van der Waals surface area contributed by atoms with Crippen LogP contribution in [0.15, 0.2) is 29.4 Å². The highest BCUT2D eigenvalue weighted by Gasteiger charge is 2.50. The van der Waals surface area contributed by atoms with Gasteiger partial charge in [0.25, 0.3) is 0 Å². The van der Waals surface area contributed by atoms with Gasteiger partial charge in [0, 0.05) is 0 Å². The molecule has 1 aromatic carbocycles. The molecule has 2 aromatic rings. The van der Waals surface area contributed by atoms with Gasteiger partial charge in [-0.25, -0.2) is 4.98 Å². The zero-order chi connectivity index (χ0) is 23.0. The van der Waals surface area contributed by atoms with Gasteiger partial charge in [-0.05, 0) is 12.1 Å². The summed E-state index contributed by atoms with van der Waals surface area (Å²) in [6, 6.07) is 7.31. The minimum absolute atomic E-state index is 0.437. The Kier molecular flexibility index (Phi) is 7.33. The maximum absolute atomic E-state index is 10.7. The monoisotopic (exact) mass is 474 g/mol. The summed E-state index contributed by atoms with van der Waals surface area (Å²) >= 11 is 1.02. The molecule has 12 nitrogen and oxygen atoms in total. The number of aromatic amines is 1. The van der Waals surface area contributed by atoms with E-state index in [2.05, 4.69) is 9.97 Å². The van der Waals surface area contributed by atoms with Crippen molar-refractivity contribution in [1.82, 2.24) is 9.97 Å². The maximum atomic E-state index is 10.7. The number of fused-ring (bicyclic) bond motifs is 1. The van der Waals surface area contributed by atoms with Crippen LogP contribution in [0.3, 0.4) is 0 Å². The number of aromatic nitrogens is 2. The Bertz CT molecular complexity index is 865. The zero-order valence-corrected chi connectivity index (χ0v) is 17.5. The van der Waals surface area contributed by atoms with Crippen molar-refractivity contribution in [2.75, 3.05) is 13.2 Å². The van der Waals surface area contributed by atoms with Crippen molar-refractivity contribution in [2.24, 2.45) is 0 Å². The Morgan fingerprint density at radius 1 is 0.875 bits per heavy atom. The van der Waals surface area contributed by atoms with E-state index in [1.807, 2.05) is 24.3 Å². The molecule has 178 valence electrons. The minimum Gasteiger partial charge on any atom is -0.394 e. The molecule has 2 saturated heterocycles. The Morgan fingerprint density at radius 2 is 1.59 bits per heavy atom. The molecule has 10 atom stereocenters. The molecule has 2 fully saturated rings. The molecule has 13 heteroatoms. The number of aliphatic hydroxyl groups is 7. The summed E-state index contributed by atoms with van der Waals surface area (Å²) in [5.74, 6) is 0. The van der Waals surface area contributed by atoms with Crippen molar-refractivity contribution in [3.8, 4) is 0 Å². The van der Waals surface area contributed by atoms with Gasteiger partial charge in [0.1, 0.15) is 54.3 Å². The zero-order valence-electron chi connectivity index (χ0n) is 16.7. The molecular weight excluding hydrogens is 448 g/mol. The second-order valence-corrected chi connectivity index (χ2v) is 8.77. The summed E-state index contributed by atoms with van der Waals surface area (Å²) in [4.78, 5) is 7.46. The summed E-state index contributed by atoms with van der Waals surface area (Å²) in [5.41, 5.74) is 0.490. The molecule has 2 aliphatic heterocycles. The van der Waals surface area contributed by atoms with E-state index in [4.69, 9.17) is 14.2 Å². The van der Waals surface area contributed by atoms with Gasteiger partial charge in [-0.3, -0.25) is 0 Å². The predicted molar refractivity (Wildman–Crippen MR) is 108 cm³/mol. The number of imidazole rings is 1. The number of H-pyrrole nitrogens is 1. The molecule has 32 heavy (non-hydrogen) atoms. The molecule has 0 aliphatic carbocycles. The van der Waals surface area contributed by atoms with E-state index in [-0.39, 0.29) is 0 Å². The van der Waals surface area contributed by atoms with Gasteiger partial charge >= 0.3 is 0 Å². The van der Waals surface area contributed by atoms with E-state index in [0.29, 0.717) is 10.7 Å². The number of rotatable bonds is 6. The van der Waals surface area contributed by atoms with Crippen LogP contribution in [0.5, 0.6) is 0 Å². The average Bonchev–Trinajstić information content (AvgIpc) is 3.21. The van der Waals surface area contributed by atoms with Gasteiger partial charge in [0.15, 0.2) is 11.4 Å². The number of nitrogens with one attached hydrogen (secondary N) is 1. The van der Waals surface area contributed by atoms with Crippen LogP contribution in [0, 0.1) is 0 Å². The Balaban J connectivity index is 1.47. The quantitative estimate of drug-likeness (QED) is 0.216. The van der Waals surface area contributed by atoms with E-state index in [0.717, 1.165) is 17.3 Å². The molecule has 0 bridgehead atoms. The van der Waals surface area contributed by atoms with Crippen molar-refractivity contribution in [3.05, 3.63) is 24.3 Å². The predicted octanol–water partition coefficient (Wildman–Crippen LogP) is -2.72. The van der Waals surface area contributed by atoms with Crippen molar-refractivity contribution in [1.29, 1.82) is 0 Å². The summed E-state index contributed by atoms with van der Waals surface area (Å²) in [6.45, 7) is -1.25. The molecule has 8 N–H and O–H groups in total. The Hall–Kier alpha value is -1.36. The summed E-state index contributed by atoms with van der Waals surface area (Å²) < 4.78 is 16.6. The lowest BCUT2D eigenvalue weighted by molar-refractivity contribution is -0.338. The lowest BCUT2D eigenvalue weighted by atomic mass is 9.97. The van der Waals surface area contributed by atoms with E-state index in [9.17, 15) is 35.7 Å². The van der Waals surface area contributed by atoms with E-state index < -0.39 is 73.8 Å². The van der Waals surface area contributed by atoms with Crippen LogP contribution in [-0.4, -0.2) is 119 Å². The lowest BCUT2D eigenvalue weighted by Crippen LogP contribution is -2.64. The second kappa shape index (κ2) is 9.87. The van der Waals surface area contributed by atoms with Crippen LogP contribution >= 0.6 is 11.8 Å². The van der Waals surface area contributed by atoms with E-state index >= 15 is 0 Å². The van der Waals surface area contributed by atoms with Gasteiger partial charge in [-0.1, -0.05) is 23.9 Å². The highest BCUT2D eigenvalue weighted by Crippen LogP contribution is 2.35. The lowest BCUT2D eigenvalue weighted by Gasteiger charge is -2.45. The molecule has 4 rings (SSSR count). The number of aliphatic hydroxyl groups excluding tert-OH is 7. The standard InChI is InChI=1S/C19H26N2O10S/c22-5-9-11(24)12(25)14(27)17(29-9)31-16-10(6-23)30-18(15(28)13(16)26)32-19-20-7-3-1-2-4-8(7)21-19/h1-4,9-18,22-28H,5-6H2,(H,20,21)/t9-,10-,11+,12+,13-,14-,15-,16-,17+,18+/m1/s1. The van der Waals surface area contributed by atoms with Crippen molar-refractivity contribution in [2.45, 2.75) is 65.7 Å². The van der Waals surface area contributed by atoms with Gasteiger partial charge in [-0.15, -0.1) is 0 Å². The van der Waals surface area contributed by atoms with Gasteiger partial charge < -0.3 is 54.9 Å². The molecule has 0 radical (unpaired) electrons.